The van der Waals surface area contributed by atoms with Gasteiger partial charge in [-0.1, -0.05) is 6.07 Å². The molecule has 0 bridgehead atoms. The fraction of sp³-hybridized carbons (Fsp3) is 0.167. The van der Waals surface area contributed by atoms with Gasteiger partial charge < -0.3 is 10.1 Å². The number of anilines is 1. The molecule has 0 saturated heterocycles. The van der Waals surface area contributed by atoms with Crippen LogP contribution in [-0.4, -0.2) is 17.1 Å². The Bertz CT molecular complexity index is 505. The summed E-state index contributed by atoms with van der Waals surface area (Å²) in [6, 6.07) is 9.59. The minimum atomic E-state index is 0.586. The number of halogens is 1. The summed E-state index contributed by atoms with van der Waals surface area (Å²) in [5, 5.41) is 3.24. The lowest BCUT2D eigenvalue weighted by Gasteiger charge is -2.09. The van der Waals surface area contributed by atoms with Gasteiger partial charge in [-0.05, 0) is 40.2 Å². The second-order valence-corrected chi connectivity index (χ2v) is 4.18. The highest BCUT2D eigenvalue weighted by atomic mass is 79.9. The van der Waals surface area contributed by atoms with Gasteiger partial charge in [0.1, 0.15) is 4.60 Å². The number of pyridine rings is 2. The van der Waals surface area contributed by atoms with Gasteiger partial charge >= 0.3 is 0 Å². The van der Waals surface area contributed by atoms with Crippen molar-refractivity contribution in [1.82, 2.24) is 9.97 Å². The summed E-state index contributed by atoms with van der Waals surface area (Å²) in [7, 11) is 1.60. The lowest BCUT2D eigenvalue weighted by atomic mass is 10.3. The van der Waals surface area contributed by atoms with E-state index in [9.17, 15) is 0 Å². The monoisotopic (exact) mass is 293 g/mol. The predicted octanol–water partition coefficient (Wildman–Crippen LogP) is 2.86. The standard InChI is InChI=1S/C12H12BrN3O/c1-17-12-10(5-3-7-14-12)15-8-9-4-2-6-11(13)16-9/h2-7,15H,8H2,1H3. The van der Waals surface area contributed by atoms with Crippen LogP contribution in [0.3, 0.4) is 0 Å². The van der Waals surface area contributed by atoms with Crippen molar-refractivity contribution in [2.75, 3.05) is 12.4 Å². The second kappa shape index (κ2) is 5.63. The van der Waals surface area contributed by atoms with Crippen molar-refractivity contribution >= 4 is 21.6 Å². The molecule has 0 aromatic carbocycles. The topological polar surface area (TPSA) is 47.0 Å². The molecule has 0 saturated carbocycles. The van der Waals surface area contributed by atoms with Crippen molar-refractivity contribution in [3.05, 3.63) is 46.8 Å². The molecule has 2 heterocycles. The summed E-state index contributed by atoms with van der Waals surface area (Å²) in [5.41, 5.74) is 1.81. The SMILES string of the molecule is COc1ncccc1NCc1cccc(Br)n1. The molecule has 0 atom stereocenters. The first-order valence-electron chi connectivity index (χ1n) is 5.14. The summed E-state index contributed by atoms with van der Waals surface area (Å²) >= 11 is 3.34. The Morgan fingerprint density at radius 3 is 2.94 bits per heavy atom. The van der Waals surface area contributed by atoms with Gasteiger partial charge in [-0.15, -0.1) is 0 Å². The number of hydrogen-bond donors (Lipinski definition) is 1. The van der Waals surface area contributed by atoms with Crippen LogP contribution in [0.25, 0.3) is 0 Å². The maximum absolute atomic E-state index is 5.15. The number of ether oxygens (including phenoxy) is 1. The Morgan fingerprint density at radius 1 is 1.29 bits per heavy atom. The lowest BCUT2D eigenvalue weighted by Crippen LogP contribution is -2.03. The van der Waals surface area contributed by atoms with Crippen molar-refractivity contribution in [1.29, 1.82) is 0 Å². The van der Waals surface area contributed by atoms with Crippen molar-refractivity contribution in [3.8, 4) is 5.88 Å². The summed E-state index contributed by atoms with van der Waals surface area (Å²) in [5.74, 6) is 0.586. The molecule has 0 fully saturated rings. The molecule has 2 aromatic rings. The molecule has 5 heteroatoms. The molecule has 17 heavy (non-hydrogen) atoms. The molecule has 4 nitrogen and oxygen atoms in total. The van der Waals surface area contributed by atoms with E-state index in [1.807, 2.05) is 30.3 Å². The van der Waals surface area contributed by atoms with Crippen molar-refractivity contribution in [3.63, 3.8) is 0 Å². The normalized spacial score (nSPS) is 10.0. The summed E-state index contributed by atoms with van der Waals surface area (Å²) in [6.07, 6.45) is 1.70. The molecule has 0 amide bonds. The Balaban J connectivity index is 2.07. The van der Waals surface area contributed by atoms with Gasteiger partial charge in [0.05, 0.1) is 25.0 Å². The van der Waals surface area contributed by atoms with Gasteiger partial charge in [-0.3, -0.25) is 0 Å². The Kier molecular flexibility index (Phi) is 3.93. The minimum Gasteiger partial charge on any atom is -0.480 e. The fourth-order valence-electron chi connectivity index (χ4n) is 1.42. The molecular formula is C12H12BrN3O. The van der Waals surface area contributed by atoms with Crippen LogP contribution in [0.15, 0.2) is 41.1 Å². The van der Waals surface area contributed by atoms with Gasteiger partial charge in [0.25, 0.3) is 0 Å². The third-order valence-corrected chi connectivity index (χ3v) is 2.64. The number of aromatic nitrogens is 2. The number of nitrogens with one attached hydrogen (secondary N) is 1. The average Bonchev–Trinajstić information content (AvgIpc) is 2.37. The largest absolute Gasteiger partial charge is 0.480 e. The Hall–Kier alpha value is -1.62. The van der Waals surface area contributed by atoms with Gasteiger partial charge in [0.2, 0.25) is 5.88 Å². The van der Waals surface area contributed by atoms with E-state index >= 15 is 0 Å². The minimum absolute atomic E-state index is 0.586. The second-order valence-electron chi connectivity index (χ2n) is 3.37. The van der Waals surface area contributed by atoms with E-state index in [-0.39, 0.29) is 0 Å². The summed E-state index contributed by atoms with van der Waals surface area (Å²) < 4.78 is 5.98. The van der Waals surface area contributed by atoms with Gasteiger partial charge in [-0.2, -0.15) is 0 Å². The highest BCUT2D eigenvalue weighted by Crippen LogP contribution is 2.20. The van der Waals surface area contributed by atoms with Crippen LogP contribution >= 0.6 is 15.9 Å². The molecule has 0 aliphatic rings. The van der Waals surface area contributed by atoms with Crippen molar-refractivity contribution < 1.29 is 4.74 Å². The third-order valence-electron chi connectivity index (χ3n) is 2.20. The van der Waals surface area contributed by atoms with E-state index in [4.69, 9.17) is 4.74 Å². The summed E-state index contributed by atoms with van der Waals surface area (Å²) in [6.45, 7) is 0.626. The molecule has 0 aliphatic heterocycles. The smallest absolute Gasteiger partial charge is 0.237 e. The Morgan fingerprint density at radius 2 is 2.18 bits per heavy atom. The average molecular weight is 294 g/mol. The third kappa shape index (κ3) is 3.17. The maximum atomic E-state index is 5.15. The molecule has 0 unspecified atom stereocenters. The van der Waals surface area contributed by atoms with Crippen LogP contribution in [0.4, 0.5) is 5.69 Å². The first-order chi connectivity index (χ1) is 8.29. The van der Waals surface area contributed by atoms with Crippen molar-refractivity contribution in [2.45, 2.75) is 6.54 Å². The number of rotatable bonds is 4. The molecule has 2 rings (SSSR count). The maximum Gasteiger partial charge on any atom is 0.237 e. The van der Waals surface area contributed by atoms with Crippen LogP contribution in [0.5, 0.6) is 5.88 Å². The molecule has 0 aliphatic carbocycles. The zero-order valence-corrected chi connectivity index (χ0v) is 10.9. The predicted molar refractivity (Wildman–Crippen MR) is 70.1 cm³/mol. The highest BCUT2D eigenvalue weighted by Gasteiger charge is 2.02. The van der Waals surface area contributed by atoms with Crippen LogP contribution in [0.2, 0.25) is 0 Å². The van der Waals surface area contributed by atoms with Gasteiger partial charge in [-0.25, -0.2) is 9.97 Å². The van der Waals surface area contributed by atoms with E-state index in [0.29, 0.717) is 12.4 Å². The van der Waals surface area contributed by atoms with E-state index in [1.54, 1.807) is 13.3 Å². The molecule has 2 aromatic heterocycles. The van der Waals surface area contributed by atoms with E-state index in [1.165, 1.54) is 0 Å². The molecule has 0 radical (unpaired) electrons. The number of methoxy groups -OCH3 is 1. The first kappa shape index (κ1) is 11.9. The van der Waals surface area contributed by atoms with Crippen LogP contribution in [0.1, 0.15) is 5.69 Å². The Labute approximate surface area is 108 Å². The van der Waals surface area contributed by atoms with E-state index in [2.05, 4.69) is 31.2 Å². The van der Waals surface area contributed by atoms with Crippen LogP contribution < -0.4 is 10.1 Å². The van der Waals surface area contributed by atoms with Crippen molar-refractivity contribution in [2.24, 2.45) is 0 Å². The summed E-state index contributed by atoms with van der Waals surface area (Å²) in [4.78, 5) is 8.45. The van der Waals surface area contributed by atoms with Crippen LogP contribution in [0, 0.1) is 0 Å². The van der Waals surface area contributed by atoms with Gasteiger partial charge in [0, 0.05) is 6.20 Å². The molecule has 0 spiro atoms. The van der Waals surface area contributed by atoms with Crippen LogP contribution in [-0.2, 0) is 6.54 Å². The first-order valence-corrected chi connectivity index (χ1v) is 5.93. The highest BCUT2D eigenvalue weighted by molar-refractivity contribution is 9.10. The van der Waals surface area contributed by atoms with Gasteiger partial charge in [0.15, 0.2) is 0 Å². The number of nitrogens with zero attached hydrogens (tertiary/aromatic N) is 2. The number of hydrogen-bond acceptors (Lipinski definition) is 4. The zero-order chi connectivity index (χ0) is 12.1. The lowest BCUT2D eigenvalue weighted by molar-refractivity contribution is 0.399. The molecule has 1 N–H and O–H groups in total. The quantitative estimate of drug-likeness (QED) is 0.881. The fourth-order valence-corrected chi connectivity index (χ4v) is 1.80. The zero-order valence-electron chi connectivity index (χ0n) is 9.35. The van der Waals surface area contributed by atoms with E-state index < -0.39 is 0 Å². The molecular weight excluding hydrogens is 282 g/mol. The molecule has 88 valence electrons. The van der Waals surface area contributed by atoms with E-state index in [0.717, 1.165) is 16.0 Å².